The largest absolute Gasteiger partial charge is 0.466 e. The minimum atomic E-state index is -0.269. The molecule has 2 aliphatic carbocycles. The first-order valence-corrected chi connectivity index (χ1v) is 11.3. The van der Waals surface area contributed by atoms with Gasteiger partial charge in [0.15, 0.2) is 6.29 Å². The molecule has 0 amide bonds. The van der Waals surface area contributed by atoms with Gasteiger partial charge < -0.3 is 18.9 Å². The van der Waals surface area contributed by atoms with Crippen molar-refractivity contribution in [3.63, 3.8) is 0 Å². The Morgan fingerprint density at radius 1 is 1.30 bits per heavy atom. The molecule has 5 heteroatoms. The second-order valence-corrected chi connectivity index (χ2v) is 9.20. The van der Waals surface area contributed by atoms with Gasteiger partial charge in [0.25, 0.3) is 0 Å². The normalized spacial score (nSPS) is 32.8. The molecule has 0 radical (unpaired) electrons. The first kappa shape index (κ1) is 23.2. The third-order valence-corrected chi connectivity index (χ3v) is 7.60. The van der Waals surface area contributed by atoms with Crippen molar-refractivity contribution < 1.29 is 23.7 Å². The lowest BCUT2D eigenvalue weighted by atomic mass is 9.49. The van der Waals surface area contributed by atoms with Crippen LogP contribution in [0.15, 0.2) is 34.9 Å². The number of ether oxygens (including phenoxy) is 4. The van der Waals surface area contributed by atoms with E-state index in [4.69, 9.17) is 18.9 Å². The molecule has 0 unspecified atom stereocenters. The summed E-state index contributed by atoms with van der Waals surface area (Å²) in [6.07, 6.45) is 5.39. The molecule has 1 saturated carbocycles. The van der Waals surface area contributed by atoms with Gasteiger partial charge in [-0.2, -0.15) is 0 Å². The van der Waals surface area contributed by atoms with E-state index in [2.05, 4.69) is 33.4 Å². The summed E-state index contributed by atoms with van der Waals surface area (Å²) in [5, 5.41) is 0. The van der Waals surface area contributed by atoms with E-state index in [1.54, 1.807) is 0 Å². The van der Waals surface area contributed by atoms with Crippen molar-refractivity contribution in [3.8, 4) is 0 Å². The van der Waals surface area contributed by atoms with Gasteiger partial charge in [0.2, 0.25) is 0 Å². The maximum absolute atomic E-state index is 12.5. The maximum Gasteiger partial charge on any atom is 0.334 e. The van der Waals surface area contributed by atoms with Crippen LogP contribution in [0.25, 0.3) is 0 Å². The molecule has 2 fully saturated rings. The molecule has 5 nitrogen and oxygen atoms in total. The lowest BCUT2D eigenvalue weighted by Gasteiger charge is -2.55. The number of allylic oxidation sites excluding steroid dienone is 2. The second kappa shape index (κ2) is 8.97. The molecule has 1 aliphatic heterocycles. The van der Waals surface area contributed by atoms with Gasteiger partial charge in [-0.05, 0) is 70.3 Å². The van der Waals surface area contributed by atoms with Crippen LogP contribution >= 0.6 is 0 Å². The minimum Gasteiger partial charge on any atom is -0.466 e. The van der Waals surface area contributed by atoms with Crippen molar-refractivity contribution in [1.82, 2.24) is 0 Å². The summed E-state index contributed by atoms with van der Waals surface area (Å²) >= 11 is 0. The van der Waals surface area contributed by atoms with Crippen LogP contribution in [0.5, 0.6) is 0 Å². The molecule has 0 aromatic carbocycles. The Bertz CT molecular complexity index is 745. The summed E-state index contributed by atoms with van der Waals surface area (Å²) in [6, 6.07) is 0. The Morgan fingerprint density at radius 3 is 2.53 bits per heavy atom. The Morgan fingerprint density at radius 2 is 1.97 bits per heavy atom. The third kappa shape index (κ3) is 3.69. The van der Waals surface area contributed by atoms with Gasteiger partial charge in [-0.1, -0.05) is 30.7 Å². The molecule has 1 saturated heterocycles. The Balaban J connectivity index is 1.99. The summed E-state index contributed by atoms with van der Waals surface area (Å²) in [6.45, 7) is 16.9. The summed E-state index contributed by atoms with van der Waals surface area (Å²) < 4.78 is 23.0. The number of carbonyl (C=O) groups excluding carboxylic acids is 1. The molecule has 3 aliphatic rings. The molecular formula is C25H38O5. The fraction of sp³-hybridized carbons (Fsp3) is 0.720. The number of carbonyl (C=O) groups is 1. The van der Waals surface area contributed by atoms with Crippen molar-refractivity contribution in [2.75, 3.05) is 26.9 Å². The van der Waals surface area contributed by atoms with Crippen molar-refractivity contribution >= 4 is 5.97 Å². The van der Waals surface area contributed by atoms with Crippen LogP contribution in [0, 0.1) is 16.7 Å². The SMILES string of the molecule is C=C(C)[C@H]1C[C@@H]2OCC3=C(C(=O)OC)CC=C([C@@]32C)[C@]1(C)CCC(OCC)OCC. The molecule has 0 N–H and O–H groups in total. The highest BCUT2D eigenvalue weighted by Gasteiger charge is 2.60. The van der Waals surface area contributed by atoms with E-state index in [1.807, 2.05) is 13.8 Å². The van der Waals surface area contributed by atoms with Crippen LogP contribution in [0.3, 0.4) is 0 Å². The molecular weight excluding hydrogens is 380 g/mol. The summed E-state index contributed by atoms with van der Waals surface area (Å²) in [5.74, 6) is 0.0759. The van der Waals surface area contributed by atoms with E-state index in [1.165, 1.54) is 18.3 Å². The van der Waals surface area contributed by atoms with Crippen LogP contribution in [0.4, 0.5) is 0 Å². The zero-order valence-corrected chi connectivity index (χ0v) is 19.5. The highest BCUT2D eigenvalue weighted by Crippen LogP contribution is 2.65. The van der Waals surface area contributed by atoms with Gasteiger partial charge in [-0.25, -0.2) is 4.79 Å². The quantitative estimate of drug-likeness (QED) is 0.300. The fourth-order valence-electron chi connectivity index (χ4n) is 6.15. The molecule has 0 bridgehead atoms. The Kier molecular flexibility index (Phi) is 6.95. The zero-order valence-electron chi connectivity index (χ0n) is 19.5. The highest BCUT2D eigenvalue weighted by atomic mass is 16.7. The van der Waals surface area contributed by atoms with E-state index in [-0.39, 0.29) is 29.2 Å². The van der Waals surface area contributed by atoms with Gasteiger partial charge >= 0.3 is 5.97 Å². The number of esters is 1. The van der Waals surface area contributed by atoms with Crippen molar-refractivity contribution in [1.29, 1.82) is 0 Å². The van der Waals surface area contributed by atoms with E-state index in [9.17, 15) is 4.79 Å². The summed E-state index contributed by atoms with van der Waals surface area (Å²) in [4.78, 5) is 12.5. The topological polar surface area (TPSA) is 54.0 Å². The second-order valence-electron chi connectivity index (χ2n) is 9.20. The molecule has 0 aromatic rings. The van der Waals surface area contributed by atoms with E-state index >= 15 is 0 Å². The molecule has 168 valence electrons. The van der Waals surface area contributed by atoms with Crippen LogP contribution in [0.2, 0.25) is 0 Å². The summed E-state index contributed by atoms with van der Waals surface area (Å²) in [5.41, 5.74) is 4.08. The Hall–Kier alpha value is -1.43. The van der Waals surface area contributed by atoms with Crippen LogP contribution < -0.4 is 0 Å². The monoisotopic (exact) mass is 418 g/mol. The highest BCUT2D eigenvalue weighted by molar-refractivity contribution is 5.91. The van der Waals surface area contributed by atoms with Crippen LogP contribution in [-0.4, -0.2) is 45.3 Å². The predicted molar refractivity (Wildman–Crippen MR) is 117 cm³/mol. The molecule has 1 heterocycles. The zero-order chi connectivity index (χ0) is 22.1. The maximum atomic E-state index is 12.5. The number of hydrogen-bond acceptors (Lipinski definition) is 5. The molecule has 4 atom stereocenters. The molecule has 0 spiro atoms. The number of rotatable bonds is 9. The van der Waals surface area contributed by atoms with Gasteiger partial charge in [0, 0.05) is 24.2 Å². The smallest absolute Gasteiger partial charge is 0.334 e. The standard InChI is InChI=1S/C25H38O5/c1-8-28-22(29-9-2)12-13-24(5)18(16(3)4)14-21-25(6)19(15-30-21)17(23(26)27-7)10-11-20(24)25/h11,18,21-22H,3,8-10,12-15H2,1-2,4-7H3/t18-,21+,24-,25-/m1/s1. The molecule has 3 rings (SSSR count). The minimum absolute atomic E-state index is 0.0584. The lowest BCUT2D eigenvalue weighted by Crippen LogP contribution is -2.50. The molecule has 0 aromatic heterocycles. The fourth-order valence-corrected chi connectivity index (χ4v) is 6.15. The van der Waals surface area contributed by atoms with Crippen molar-refractivity contribution in [3.05, 3.63) is 34.9 Å². The van der Waals surface area contributed by atoms with Crippen LogP contribution in [-0.2, 0) is 23.7 Å². The van der Waals surface area contributed by atoms with Crippen molar-refractivity contribution in [2.45, 2.75) is 72.7 Å². The van der Waals surface area contributed by atoms with Gasteiger partial charge in [-0.15, -0.1) is 0 Å². The van der Waals surface area contributed by atoms with Gasteiger partial charge in [-0.3, -0.25) is 0 Å². The third-order valence-electron chi connectivity index (χ3n) is 7.60. The Labute approximate surface area is 181 Å². The van der Waals surface area contributed by atoms with E-state index in [0.29, 0.717) is 32.2 Å². The summed E-state index contributed by atoms with van der Waals surface area (Å²) in [7, 11) is 1.45. The molecule has 30 heavy (non-hydrogen) atoms. The van der Waals surface area contributed by atoms with Crippen molar-refractivity contribution in [2.24, 2.45) is 16.7 Å². The van der Waals surface area contributed by atoms with Gasteiger partial charge in [0.1, 0.15) is 0 Å². The number of hydrogen-bond donors (Lipinski definition) is 0. The first-order valence-electron chi connectivity index (χ1n) is 11.3. The average Bonchev–Trinajstić information content (AvgIpc) is 3.05. The van der Waals surface area contributed by atoms with Crippen LogP contribution in [0.1, 0.15) is 60.3 Å². The average molecular weight is 419 g/mol. The van der Waals surface area contributed by atoms with E-state index < -0.39 is 0 Å². The predicted octanol–water partition coefficient (Wildman–Crippen LogP) is 4.97. The lowest BCUT2D eigenvalue weighted by molar-refractivity contribution is -0.145. The first-order chi connectivity index (χ1) is 14.2. The number of methoxy groups -OCH3 is 1. The van der Waals surface area contributed by atoms with Gasteiger partial charge in [0.05, 0.1) is 19.8 Å². The van der Waals surface area contributed by atoms with E-state index in [0.717, 1.165) is 30.4 Å².